The Bertz CT molecular complexity index is 1080. The van der Waals surface area contributed by atoms with Gasteiger partial charge in [-0.1, -0.05) is 17.4 Å². The molecule has 0 aliphatic heterocycles. The monoisotopic (exact) mass is 479 g/mol. The van der Waals surface area contributed by atoms with Gasteiger partial charge in [0.2, 0.25) is 5.75 Å². The van der Waals surface area contributed by atoms with E-state index in [1.54, 1.807) is 17.0 Å². The van der Waals surface area contributed by atoms with Crippen molar-refractivity contribution in [1.29, 1.82) is 0 Å². The lowest BCUT2D eigenvalue weighted by atomic mass is 10.1. The van der Waals surface area contributed by atoms with E-state index in [0.717, 1.165) is 21.3 Å². The number of halogens is 1. The van der Waals surface area contributed by atoms with Crippen LogP contribution in [0.25, 0.3) is 10.2 Å². The highest BCUT2D eigenvalue weighted by atomic mass is 35.5. The Morgan fingerprint density at radius 2 is 1.59 bits per heavy atom. The molecule has 0 saturated heterocycles. The number of carbonyl (C=O) groups is 1. The molecule has 174 valence electrons. The summed E-state index contributed by atoms with van der Waals surface area (Å²) in [5.41, 5.74) is 3.66. The van der Waals surface area contributed by atoms with Crippen LogP contribution in [-0.4, -0.2) is 64.3 Å². The minimum Gasteiger partial charge on any atom is -0.493 e. The number of ether oxygens (including phenoxy) is 3. The summed E-state index contributed by atoms with van der Waals surface area (Å²) >= 11 is 1.53. The van der Waals surface area contributed by atoms with Crippen LogP contribution in [0.15, 0.2) is 24.3 Å². The number of fused-ring (bicyclic) bond motifs is 1. The molecule has 9 heteroatoms. The molecule has 0 aliphatic rings. The van der Waals surface area contributed by atoms with Gasteiger partial charge in [0.15, 0.2) is 16.6 Å². The molecule has 1 heterocycles. The van der Waals surface area contributed by atoms with Crippen LogP contribution < -0.4 is 19.1 Å². The first-order valence-electron chi connectivity index (χ1n) is 9.93. The van der Waals surface area contributed by atoms with Gasteiger partial charge in [0.1, 0.15) is 0 Å². The molecular weight excluding hydrogens is 450 g/mol. The van der Waals surface area contributed by atoms with E-state index in [2.05, 4.69) is 26.0 Å². The summed E-state index contributed by atoms with van der Waals surface area (Å²) in [6, 6.07) is 7.54. The van der Waals surface area contributed by atoms with Crippen molar-refractivity contribution in [3.05, 3.63) is 41.0 Å². The van der Waals surface area contributed by atoms with Gasteiger partial charge in [-0.2, -0.15) is 0 Å². The number of aromatic nitrogens is 1. The predicted molar refractivity (Wildman–Crippen MR) is 133 cm³/mol. The van der Waals surface area contributed by atoms with Gasteiger partial charge < -0.3 is 19.1 Å². The number of rotatable bonds is 8. The zero-order valence-corrected chi connectivity index (χ0v) is 21.1. The summed E-state index contributed by atoms with van der Waals surface area (Å²) in [6.07, 6.45) is 0. The predicted octanol–water partition coefficient (Wildman–Crippen LogP) is 4.57. The van der Waals surface area contributed by atoms with Gasteiger partial charge >= 0.3 is 0 Å². The lowest BCUT2D eigenvalue weighted by molar-refractivity contribution is 0.0984. The fourth-order valence-corrected chi connectivity index (χ4v) is 4.46. The minimum atomic E-state index is -0.172. The van der Waals surface area contributed by atoms with Crippen LogP contribution in [0.3, 0.4) is 0 Å². The largest absolute Gasteiger partial charge is 0.493 e. The molecule has 7 nitrogen and oxygen atoms in total. The van der Waals surface area contributed by atoms with Crippen molar-refractivity contribution < 1.29 is 19.0 Å². The second-order valence-corrected chi connectivity index (χ2v) is 8.58. The number of anilines is 1. The summed E-state index contributed by atoms with van der Waals surface area (Å²) < 4.78 is 17.3. The van der Waals surface area contributed by atoms with Gasteiger partial charge in [-0.05, 0) is 57.3 Å². The first kappa shape index (κ1) is 25.7. The summed E-state index contributed by atoms with van der Waals surface area (Å²) in [5, 5.41) is 0.671. The van der Waals surface area contributed by atoms with Crippen molar-refractivity contribution in [2.24, 2.45) is 0 Å². The van der Waals surface area contributed by atoms with Crippen LogP contribution >= 0.6 is 23.7 Å². The van der Waals surface area contributed by atoms with E-state index < -0.39 is 0 Å². The molecule has 0 saturated carbocycles. The fourth-order valence-electron chi connectivity index (χ4n) is 3.42. The van der Waals surface area contributed by atoms with Crippen LogP contribution in [0, 0.1) is 13.8 Å². The Balaban J connectivity index is 0.00000363. The van der Waals surface area contributed by atoms with Gasteiger partial charge in [-0.15, -0.1) is 12.4 Å². The van der Waals surface area contributed by atoms with E-state index in [1.165, 1.54) is 32.7 Å². The number of aryl methyl sites for hydroxylation is 2. The maximum absolute atomic E-state index is 13.6. The number of benzene rings is 2. The summed E-state index contributed by atoms with van der Waals surface area (Å²) in [4.78, 5) is 22.2. The number of nitrogens with zero attached hydrogens (tertiary/aromatic N) is 3. The number of carbonyl (C=O) groups excluding carboxylic acids is 1. The third-order valence-corrected chi connectivity index (χ3v) is 6.20. The second kappa shape index (κ2) is 10.8. The number of hydrogen-bond donors (Lipinski definition) is 0. The number of methoxy groups -OCH3 is 3. The van der Waals surface area contributed by atoms with E-state index in [-0.39, 0.29) is 18.3 Å². The third kappa shape index (κ3) is 5.26. The number of likely N-dealkylation sites (N-methyl/N-ethyl adjacent to an activating group) is 1. The molecule has 2 aromatic carbocycles. The average molecular weight is 480 g/mol. The smallest absolute Gasteiger partial charge is 0.260 e. The molecule has 0 unspecified atom stereocenters. The first-order chi connectivity index (χ1) is 14.8. The summed E-state index contributed by atoms with van der Waals surface area (Å²) in [5.74, 6) is 1.16. The maximum atomic E-state index is 13.6. The minimum absolute atomic E-state index is 0. The zero-order valence-electron chi connectivity index (χ0n) is 19.5. The molecule has 0 radical (unpaired) electrons. The van der Waals surface area contributed by atoms with Gasteiger partial charge in [-0.25, -0.2) is 4.98 Å². The van der Waals surface area contributed by atoms with Crippen molar-refractivity contribution in [3.8, 4) is 17.2 Å². The molecule has 0 bridgehead atoms. The summed E-state index contributed by atoms with van der Waals surface area (Å²) in [7, 11) is 8.57. The van der Waals surface area contributed by atoms with Crippen molar-refractivity contribution in [2.45, 2.75) is 13.8 Å². The normalized spacial score (nSPS) is 10.8. The third-order valence-electron chi connectivity index (χ3n) is 4.97. The molecule has 0 spiro atoms. The van der Waals surface area contributed by atoms with E-state index >= 15 is 0 Å². The highest BCUT2D eigenvalue weighted by molar-refractivity contribution is 7.22. The van der Waals surface area contributed by atoms with E-state index in [4.69, 9.17) is 19.2 Å². The van der Waals surface area contributed by atoms with Gasteiger partial charge in [-0.3, -0.25) is 9.69 Å². The molecule has 32 heavy (non-hydrogen) atoms. The number of amides is 1. The van der Waals surface area contributed by atoms with Crippen LogP contribution in [0.1, 0.15) is 21.5 Å². The maximum Gasteiger partial charge on any atom is 0.260 e. The standard InChI is InChI=1S/C23H29N3O4S.ClH/c1-14-10-15(2)21-17(11-14)24-23(31-21)26(9-8-25(3)4)22(27)16-12-18(28-5)20(30-7)19(13-16)29-6;/h10-13H,8-9H2,1-7H3;1H. The second-order valence-electron chi connectivity index (χ2n) is 7.60. The van der Waals surface area contributed by atoms with Crippen molar-refractivity contribution in [2.75, 3.05) is 53.4 Å². The van der Waals surface area contributed by atoms with E-state index in [0.29, 0.717) is 41.0 Å². The molecule has 0 fully saturated rings. The van der Waals surface area contributed by atoms with Crippen LogP contribution in [-0.2, 0) is 0 Å². The Kier molecular flexibility index (Phi) is 8.72. The molecule has 3 aromatic rings. The van der Waals surface area contributed by atoms with Crippen LogP contribution in [0.4, 0.5) is 5.13 Å². The SMILES string of the molecule is COc1cc(C(=O)N(CCN(C)C)c2nc3cc(C)cc(C)c3s2)cc(OC)c1OC.Cl. The van der Waals surface area contributed by atoms with Gasteiger partial charge in [0.05, 0.1) is 31.5 Å². The lowest BCUT2D eigenvalue weighted by Gasteiger charge is -2.23. The number of hydrogen-bond acceptors (Lipinski definition) is 7. The molecule has 0 atom stereocenters. The average Bonchev–Trinajstić information content (AvgIpc) is 3.16. The Morgan fingerprint density at radius 3 is 2.12 bits per heavy atom. The highest BCUT2D eigenvalue weighted by Gasteiger charge is 2.25. The van der Waals surface area contributed by atoms with E-state index in [9.17, 15) is 4.79 Å². The lowest BCUT2D eigenvalue weighted by Crippen LogP contribution is -2.36. The van der Waals surface area contributed by atoms with Crippen LogP contribution in [0.2, 0.25) is 0 Å². The van der Waals surface area contributed by atoms with Crippen molar-refractivity contribution in [3.63, 3.8) is 0 Å². The molecule has 0 N–H and O–H groups in total. The first-order valence-corrected chi connectivity index (χ1v) is 10.7. The molecule has 3 rings (SSSR count). The molecule has 0 aliphatic carbocycles. The summed E-state index contributed by atoms with van der Waals surface area (Å²) in [6.45, 7) is 5.32. The van der Waals surface area contributed by atoms with Crippen LogP contribution in [0.5, 0.6) is 17.2 Å². The molecule has 1 amide bonds. The Labute approximate surface area is 199 Å². The molecular formula is C23H30ClN3O4S. The molecule has 1 aromatic heterocycles. The Morgan fingerprint density at radius 1 is 0.969 bits per heavy atom. The number of thiazole rings is 1. The van der Waals surface area contributed by atoms with Gasteiger partial charge in [0.25, 0.3) is 5.91 Å². The highest BCUT2D eigenvalue weighted by Crippen LogP contribution is 2.39. The zero-order chi connectivity index (χ0) is 22.7. The van der Waals surface area contributed by atoms with Crippen molar-refractivity contribution in [1.82, 2.24) is 9.88 Å². The van der Waals surface area contributed by atoms with Gasteiger partial charge in [0, 0.05) is 18.7 Å². The Hall–Kier alpha value is -2.55. The quantitative estimate of drug-likeness (QED) is 0.471. The van der Waals surface area contributed by atoms with Crippen molar-refractivity contribution >= 4 is 45.0 Å². The topological polar surface area (TPSA) is 64.1 Å². The van der Waals surface area contributed by atoms with E-state index in [1.807, 2.05) is 19.0 Å². The fraction of sp³-hybridized carbons (Fsp3) is 0.391.